The van der Waals surface area contributed by atoms with Crippen LogP contribution in [0.4, 0.5) is 10.2 Å². The lowest BCUT2D eigenvalue weighted by Crippen LogP contribution is -2.05. The van der Waals surface area contributed by atoms with E-state index in [0.29, 0.717) is 45.2 Å². The molecule has 2 N–H and O–H groups in total. The van der Waals surface area contributed by atoms with Gasteiger partial charge in [0.2, 0.25) is 5.75 Å². The molecule has 0 fully saturated rings. The van der Waals surface area contributed by atoms with Gasteiger partial charge in [-0.15, -0.1) is 0 Å². The van der Waals surface area contributed by atoms with Gasteiger partial charge in [0.1, 0.15) is 23.3 Å². The van der Waals surface area contributed by atoms with E-state index in [4.69, 9.17) is 19.9 Å². The number of benzene rings is 2. The number of pyridine rings is 1. The first kappa shape index (κ1) is 20.0. The van der Waals surface area contributed by atoms with Crippen LogP contribution in [0.25, 0.3) is 22.4 Å². The molecule has 2 aromatic carbocycles. The van der Waals surface area contributed by atoms with Crippen LogP contribution in [-0.2, 0) is 0 Å². The Bertz CT molecular complexity index is 1110. The van der Waals surface area contributed by atoms with E-state index in [9.17, 15) is 9.65 Å². The second kappa shape index (κ2) is 8.07. The van der Waals surface area contributed by atoms with E-state index >= 15 is 0 Å². The van der Waals surface area contributed by atoms with Crippen molar-refractivity contribution in [2.45, 2.75) is 6.92 Å². The molecule has 3 aromatic rings. The number of nitriles is 1. The number of hydrogen-bond acceptors (Lipinski definition) is 6. The summed E-state index contributed by atoms with van der Waals surface area (Å²) in [7, 11) is 4.54. The van der Waals surface area contributed by atoms with Gasteiger partial charge in [0, 0.05) is 16.7 Å². The maximum absolute atomic E-state index is 13.4. The molecule has 0 aliphatic carbocycles. The highest BCUT2D eigenvalue weighted by atomic mass is 19.1. The molecule has 0 unspecified atom stereocenters. The zero-order chi connectivity index (χ0) is 21.1. The van der Waals surface area contributed by atoms with E-state index < -0.39 is 0 Å². The van der Waals surface area contributed by atoms with Crippen LogP contribution in [-0.4, -0.2) is 26.3 Å². The quantitative estimate of drug-likeness (QED) is 0.693. The molecule has 0 amide bonds. The first-order valence-electron chi connectivity index (χ1n) is 8.72. The average molecular weight is 393 g/mol. The number of rotatable bonds is 5. The Hall–Kier alpha value is -3.79. The monoisotopic (exact) mass is 393 g/mol. The van der Waals surface area contributed by atoms with E-state index in [-0.39, 0.29) is 17.2 Å². The van der Waals surface area contributed by atoms with Gasteiger partial charge in [-0.25, -0.2) is 9.37 Å². The molecular formula is C22H20FN3O3. The van der Waals surface area contributed by atoms with Crippen molar-refractivity contribution in [3.63, 3.8) is 0 Å². The molecule has 3 rings (SSSR count). The lowest BCUT2D eigenvalue weighted by Gasteiger charge is -2.19. The lowest BCUT2D eigenvalue weighted by atomic mass is 9.92. The topological polar surface area (TPSA) is 90.4 Å². The Balaban J connectivity index is 2.38. The van der Waals surface area contributed by atoms with Crippen LogP contribution < -0.4 is 19.9 Å². The Morgan fingerprint density at radius 3 is 2.17 bits per heavy atom. The number of ether oxygens (including phenoxy) is 3. The highest BCUT2D eigenvalue weighted by Gasteiger charge is 2.24. The number of hydrogen-bond donors (Lipinski definition) is 1. The Labute approximate surface area is 168 Å². The predicted octanol–water partition coefficient (Wildman–Crippen LogP) is 4.34. The minimum atomic E-state index is -0.352. The SMILES string of the molecule is COc1ccc(-c2c(C)c(-c3ccc(F)cc3)nc(N)c2C#N)c(OC)c1OC. The summed E-state index contributed by atoms with van der Waals surface area (Å²) < 4.78 is 29.8. The number of anilines is 1. The third-order valence-electron chi connectivity index (χ3n) is 4.67. The molecule has 0 aliphatic rings. The molecule has 0 saturated heterocycles. The van der Waals surface area contributed by atoms with Gasteiger partial charge in [-0.3, -0.25) is 0 Å². The summed E-state index contributed by atoms with van der Waals surface area (Å²) in [6, 6.07) is 11.6. The molecular weight excluding hydrogens is 373 g/mol. The first-order chi connectivity index (χ1) is 14.0. The summed E-state index contributed by atoms with van der Waals surface area (Å²) in [6.07, 6.45) is 0. The van der Waals surface area contributed by atoms with Crippen molar-refractivity contribution in [3.05, 3.63) is 53.3 Å². The highest BCUT2D eigenvalue weighted by Crippen LogP contribution is 2.47. The summed E-state index contributed by atoms with van der Waals surface area (Å²) >= 11 is 0. The number of nitrogens with zero attached hydrogens (tertiary/aromatic N) is 2. The minimum Gasteiger partial charge on any atom is -0.493 e. The van der Waals surface area contributed by atoms with Gasteiger partial charge in [-0.1, -0.05) is 0 Å². The first-order valence-corrected chi connectivity index (χ1v) is 8.72. The zero-order valence-electron chi connectivity index (χ0n) is 16.5. The van der Waals surface area contributed by atoms with Crippen LogP contribution in [0, 0.1) is 24.1 Å². The van der Waals surface area contributed by atoms with Crippen LogP contribution in [0.1, 0.15) is 11.1 Å². The highest BCUT2D eigenvalue weighted by molar-refractivity contribution is 5.88. The normalized spacial score (nSPS) is 10.3. The summed E-state index contributed by atoms with van der Waals surface area (Å²) in [4.78, 5) is 4.40. The molecule has 29 heavy (non-hydrogen) atoms. The van der Waals surface area contributed by atoms with Crippen molar-refractivity contribution < 1.29 is 18.6 Å². The number of nitrogens with two attached hydrogens (primary N) is 1. The standard InChI is InChI=1S/C22H20FN3O3/c1-12-18(15-9-10-17(27-2)21(29-4)20(15)28-3)16(11-24)22(25)26-19(12)13-5-7-14(23)8-6-13/h5-10H,1-4H3,(H2,25,26). The van der Waals surface area contributed by atoms with E-state index in [1.165, 1.54) is 33.5 Å². The van der Waals surface area contributed by atoms with Gasteiger partial charge in [-0.2, -0.15) is 5.26 Å². The number of halogens is 1. The van der Waals surface area contributed by atoms with Gasteiger partial charge < -0.3 is 19.9 Å². The summed E-state index contributed by atoms with van der Waals surface area (Å²) in [5.41, 5.74) is 9.45. The summed E-state index contributed by atoms with van der Waals surface area (Å²) in [5.74, 6) is 1.01. The fraction of sp³-hybridized carbons (Fsp3) is 0.182. The lowest BCUT2D eigenvalue weighted by molar-refractivity contribution is 0.325. The molecule has 0 radical (unpaired) electrons. The molecule has 0 saturated carbocycles. The van der Waals surface area contributed by atoms with E-state index in [1.807, 2.05) is 6.92 Å². The van der Waals surface area contributed by atoms with Crippen molar-refractivity contribution in [2.24, 2.45) is 0 Å². The van der Waals surface area contributed by atoms with Crippen LogP contribution in [0.15, 0.2) is 36.4 Å². The Kier molecular flexibility index (Phi) is 5.55. The van der Waals surface area contributed by atoms with E-state index in [2.05, 4.69) is 11.1 Å². The summed E-state index contributed by atoms with van der Waals surface area (Å²) in [5, 5.41) is 9.76. The molecule has 148 valence electrons. The van der Waals surface area contributed by atoms with Crippen LogP contribution in [0.2, 0.25) is 0 Å². The predicted molar refractivity (Wildman–Crippen MR) is 109 cm³/mol. The largest absolute Gasteiger partial charge is 0.493 e. The fourth-order valence-electron chi connectivity index (χ4n) is 3.33. The number of aromatic nitrogens is 1. The molecule has 0 atom stereocenters. The number of methoxy groups -OCH3 is 3. The minimum absolute atomic E-state index is 0.0734. The molecule has 0 spiro atoms. The fourth-order valence-corrected chi connectivity index (χ4v) is 3.33. The van der Waals surface area contributed by atoms with Crippen LogP contribution in [0.3, 0.4) is 0 Å². The van der Waals surface area contributed by atoms with Crippen molar-refractivity contribution in [1.29, 1.82) is 5.26 Å². The molecule has 1 heterocycles. The van der Waals surface area contributed by atoms with Crippen LogP contribution >= 0.6 is 0 Å². The zero-order valence-corrected chi connectivity index (χ0v) is 16.5. The molecule has 7 heteroatoms. The second-order valence-electron chi connectivity index (χ2n) is 6.22. The van der Waals surface area contributed by atoms with E-state index in [1.54, 1.807) is 24.3 Å². The molecule has 1 aromatic heterocycles. The second-order valence-corrected chi connectivity index (χ2v) is 6.22. The Morgan fingerprint density at radius 1 is 0.966 bits per heavy atom. The molecule has 0 bridgehead atoms. The Morgan fingerprint density at radius 2 is 1.62 bits per heavy atom. The third kappa shape index (κ3) is 3.41. The summed E-state index contributed by atoms with van der Waals surface area (Å²) in [6.45, 7) is 1.83. The van der Waals surface area contributed by atoms with Crippen molar-refractivity contribution in [2.75, 3.05) is 27.1 Å². The van der Waals surface area contributed by atoms with E-state index in [0.717, 1.165) is 0 Å². The van der Waals surface area contributed by atoms with Crippen LogP contribution in [0.5, 0.6) is 17.2 Å². The van der Waals surface area contributed by atoms with Gasteiger partial charge in [0.15, 0.2) is 11.5 Å². The van der Waals surface area contributed by atoms with Gasteiger partial charge in [-0.05, 0) is 48.9 Å². The number of nitrogen functional groups attached to an aromatic ring is 1. The van der Waals surface area contributed by atoms with Gasteiger partial charge >= 0.3 is 0 Å². The van der Waals surface area contributed by atoms with Gasteiger partial charge in [0.25, 0.3) is 0 Å². The third-order valence-corrected chi connectivity index (χ3v) is 4.67. The smallest absolute Gasteiger partial charge is 0.203 e. The van der Waals surface area contributed by atoms with Crippen molar-refractivity contribution in [1.82, 2.24) is 4.98 Å². The molecule has 6 nitrogen and oxygen atoms in total. The van der Waals surface area contributed by atoms with Crippen molar-refractivity contribution in [3.8, 4) is 45.7 Å². The maximum atomic E-state index is 13.4. The molecule has 0 aliphatic heterocycles. The average Bonchev–Trinajstić information content (AvgIpc) is 2.74. The maximum Gasteiger partial charge on any atom is 0.203 e. The van der Waals surface area contributed by atoms with Gasteiger partial charge in [0.05, 0.1) is 27.0 Å². The van der Waals surface area contributed by atoms with Crippen molar-refractivity contribution >= 4 is 5.82 Å².